The van der Waals surface area contributed by atoms with Crippen LogP contribution in [0.4, 0.5) is 11.4 Å². The monoisotopic (exact) mass is 336 g/mol. The molecule has 0 spiro atoms. The molecule has 0 aliphatic heterocycles. The Hall–Kier alpha value is -2.21. The number of anilines is 1. The number of hydrogen-bond donors (Lipinski definition) is 1. The minimum absolute atomic E-state index is 0.0962. The molecule has 0 unspecified atom stereocenters. The van der Waals surface area contributed by atoms with E-state index in [1.807, 2.05) is 18.2 Å². The molecule has 2 rings (SSSR count). The van der Waals surface area contributed by atoms with E-state index in [1.165, 1.54) is 32.4 Å². The summed E-state index contributed by atoms with van der Waals surface area (Å²) in [5, 5.41) is 14.0. The highest BCUT2D eigenvalue weighted by Gasteiger charge is 2.36. The first-order chi connectivity index (χ1) is 11.0. The second-order valence-electron chi connectivity index (χ2n) is 4.67. The molecular formula is C15H17N2O5P. The van der Waals surface area contributed by atoms with E-state index >= 15 is 0 Å². The van der Waals surface area contributed by atoms with Gasteiger partial charge in [-0.15, -0.1) is 0 Å². The molecule has 7 nitrogen and oxygen atoms in total. The van der Waals surface area contributed by atoms with Crippen molar-refractivity contribution in [1.82, 2.24) is 0 Å². The summed E-state index contributed by atoms with van der Waals surface area (Å²) in [4.78, 5) is 10.5. The minimum Gasteiger partial charge on any atom is -0.368 e. The van der Waals surface area contributed by atoms with E-state index in [0.29, 0.717) is 11.3 Å². The van der Waals surface area contributed by atoms with Crippen molar-refractivity contribution in [1.29, 1.82) is 0 Å². The second kappa shape index (κ2) is 7.37. The van der Waals surface area contributed by atoms with Crippen molar-refractivity contribution in [3.05, 3.63) is 70.3 Å². The molecule has 0 amide bonds. The lowest BCUT2D eigenvalue weighted by molar-refractivity contribution is -0.384. The first-order valence-corrected chi connectivity index (χ1v) is 8.38. The fourth-order valence-electron chi connectivity index (χ4n) is 2.13. The van der Waals surface area contributed by atoms with Crippen molar-refractivity contribution in [2.75, 3.05) is 19.5 Å². The molecule has 8 heteroatoms. The Morgan fingerprint density at radius 3 is 2.30 bits per heavy atom. The van der Waals surface area contributed by atoms with E-state index in [-0.39, 0.29) is 5.69 Å². The van der Waals surface area contributed by atoms with Crippen LogP contribution in [0.3, 0.4) is 0 Å². The van der Waals surface area contributed by atoms with Gasteiger partial charge in [-0.05, 0) is 17.7 Å². The largest absolute Gasteiger partial charge is 0.368 e. The molecule has 1 N–H and O–H groups in total. The highest BCUT2D eigenvalue weighted by atomic mass is 31.2. The molecule has 0 saturated heterocycles. The van der Waals surface area contributed by atoms with E-state index in [0.717, 1.165) is 0 Å². The Morgan fingerprint density at radius 2 is 1.74 bits per heavy atom. The zero-order valence-corrected chi connectivity index (χ0v) is 13.6. The third-order valence-corrected chi connectivity index (χ3v) is 5.38. The number of nitrogens with one attached hydrogen (secondary N) is 1. The third-order valence-electron chi connectivity index (χ3n) is 3.30. The molecule has 0 saturated carbocycles. The number of non-ortho nitro benzene ring substituents is 1. The maximum absolute atomic E-state index is 12.9. The average molecular weight is 336 g/mol. The van der Waals surface area contributed by atoms with Gasteiger partial charge in [-0.3, -0.25) is 14.7 Å². The second-order valence-corrected chi connectivity index (χ2v) is 7.00. The van der Waals surface area contributed by atoms with Gasteiger partial charge in [-0.1, -0.05) is 30.3 Å². The van der Waals surface area contributed by atoms with Gasteiger partial charge in [0.2, 0.25) is 0 Å². The summed E-state index contributed by atoms with van der Waals surface area (Å²) in [6.07, 6.45) is 0. The van der Waals surface area contributed by atoms with Crippen LogP contribution in [0.5, 0.6) is 0 Å². The van der Waals surface area contributed by atoms with Gasteiger partial charge in [0, 0.05) is 32.0 Å². The standard InChI is InChI=1S/C15H17N2O5P/c1-21-23(20,22-2)15(16-13-8-4-3-5-9-13)12-7-6-10-14(11-12)17(18)19/h3-11,15-16H,1-2H3/t15-/m0/s1. The quantitative estimate of drug-likeness (QED) is 0.463. The van der Waals surface area contributed by atoms with E-state index in [2.05, 4.69) is 5.32 Å². The molecule has 1 atom stereocenters. The van der Waals surface area contributed by atoms with Crippen molar-refractivity contribution in [2.45, 2.75) is 5.78 Å². The van der Waals surface area contributed by atoms with Crippen LogP contribution >= 0.6 is 7.60 Å². The zero-order valence-electron chi connectivity index (χ0n) is 12.7. The van der Waals surface area contributed by atoms with Crippen LogP contribution in [0.1, 0.15) is 11.3 Å². The van der Waals surface area contributed by atoms with Gasteiger partial charge in [0.05, 0.1) is 4.92 Å². The number of para-hydroxylation sites is 1. The molecule has 0 fully saturated rings. The van der Waals surface area contributed by atoms with Gasteiger partial charge < -0.3 is 14.4 Å². The van der Waals surface area contributed by atoms with E-state index in [4.69, 9.17) is 9.05 Å². The van der Waals surface area contributed by atoms with Crippen molar-refractivity contribution in [3.63, 3.8) is 0 Å². The molecule has 0 heterocycles. The van der Waals surface area contributed by atoms with Crippen molar-refractivity contribution in [2.24, 2.45) is 0 Å². The van der Waals surface area contributed by atoms with Crippen LogP contribution in [-0.2, 0) is 13.6 Å². The molecule has 0 radical (unpaired) electrons. The molecule has 0 bridgehead atoms. The lowest BCUT2D eigenvalue weighted by atomic mass is 10.2. The summed E-state index contributed by atoms with van der Waals surface area (Å²) >= 11 is 0. The minimum atomic E-state index is -3.56. The van der Waals surface area contributed by atoms with Gasteiger partial charge in [-0.2, -0.15) is 0 Å². The summed E-state index contributed by atoms with van der Waals surface area (Å²) in [6, 6.07) is 15.0. The number of rotatable bonds is 7. The van der Waals surface area contributed by atoms with Crippen LogP contribution in [0.2, 0.25) is 0 Å². The normalized spacial score (nSPS) is 12.6. The van der Waals surface area contributed by atoms with Crippen molar-refractivity contribution >= 4 is 19.0 Å². The number of nitro benzene ring substituents is 1. The van der Waals surface area contributed by atoms with E-state index in [1.54, 1.807) is 18.2 Å². The molecule has 23 heavy (non-hydrogen) atoms. The van der Waals surface area contributed by atoms with Crippen LogP contribution in [0, 0.1) is 10.1 Å². The van der Waals surface area contributed by atoms with Crippen LogP contribution in [0.25, 0.3) is 0 Å². The van der Waals surface area contributed by atoms with Crippen LogP contribution < -0.4 is 5.32 Å². The highest BCUT2D eigenvalue weighted by Crippen LogP contribution is 2.59. The van der Waals surface area contributed by atoms with Gasteiger partial charge in [-0.25, -0.2) is 0 Å². The third kappa shape index (κ3) is 3.96. The fourth-order valence-corrected chi connectivity index (χ4v) is 3.53. The molecular weight excluding hydrogens is 319 g/mol. The molecule has 122 valence electrons. The van der Waals surface area contributed by atoms with Crippen LogP contribution in [0.15, 0.2) is 54.6 Å². The summed E-state index contributed by atoms with van der Waals surface area (Å²) in [7, 11) is -1.00. The van der Waals surface area contributed by atoms with Crippen molar-refractivity contribution in [3.8, 4) is 0 Å². The summed E-state index contributed by atoms with van der Waals surface area (Å²) < 4.78 is 23.0. The first kappa shape index (κ1) is 17.1. The molecule has 2 aromatic carbocycles. The smallest absolute Gasteiger partial charge is 0.356 e. The predicted octanol–water partition coefficient (Wildman–Crippen LogP) is 4.19. The number of nitro groups is 1. The topological polar surface area (TPSA) is 90.7 Å². The van der Waals surface area contributed by atoms with E-state index in [9.17, 15) is 14.7 Å². The first-order valence-electron chi connectivity index (χ1n) is 6.77. The molecule has 0 aliphatic carbocycles. The maximum Gasteiger partial charge on any atom is 0.356 e. The Kier molecular flexibility index (Phi) is 5.50. The number of nitrogens with zero attached hydrogens (tertiary/aromatic N) is 1. The van der Waals surface area contributed by atoms with Crippen molar-refractivity contribution < 1.29 is 18.5 Å². The lowest BCUT2D eigenvalue weighted by Gasteiger charge is -2.26. The molecule has 0 aliphatic rings. The Balaban J connectivity index is 2.47. The van der Waals surface area contributed by atoms with Gasteiger partial charge >= 0.3 is 7.60 Å². The van der Waals surface area contributed by atoms with E-state index < -0.39 is 18.3 Å². The average Bonchev–Trinajstić information content (AvgIpc) is 2.60. The summed E-state index contributed by atoms with van der Waals surface area (Å²) in [5.74, 6) is -0.875. The zero-order chi connectivity index (χ0) is 16.9. The van der Waals surface area contributed by atoms with Gasteiger partial charge in [0.1, 0.15) is 0 Å². The summed E-state index contributed by atoms with van der Waals surface area (Å²) in [6.45, 7) is 0. The number of benzene rings is 2. The maximum atomic E-state index is 12.9. The number of hydrogen-bond acceptors (Lipinski definition) is 6. The SMILES string of the molecule is COP(=O)(OC)[C@H](Nc1ccccc1)c1cccc([N+](=O)[O-])c1. The Morgan fingerprint density at radius 1 is 1.09 bits per heavy atom. The fraction of sp³-hybridized carbons (Fsp3) is 0.200. The molecule has 0 aromatic heterocycles. The Labute approximate surface area is 133 Å². The van der Waals surface area contributed by atoms with Gasteiger partial charge in [0.25, 0.3) is 5.69 Å². The van der Waals surface area contributed by atoms with Crippen LogP contribution in [-0.4, -0.2) is 19.1 Å². The lowest BCUT2D eigenvalue weighted by Crippen LogP contribution is -2.13. The Bertz CT molecular complexity index is 715. The van der Waals surface area contributed by atoms with Gasteiger partial charge in [0.15, 0.2) is 5.78 Å². The predicted molar refractivity (Wildman–Crippen MR) is 87.5 cm³/mol. The highest BCUT2D eigenvalue weighted by molar-refractivity contribution is 7.54. The molecule has 2 aromatic rings. The summed E-state index contributed by atoms with van der Waals surface area (Å²) in [5.41, 5.74) is 1.04.